The van der Waals surface area contributed by atoms with E-state index in [1.165, 1.54) is 13.2 Å². The average Bonchev–Trinajstić information content (AvgIpc) is 2.29. The van der Waals surface area contributed by atoms with E-state index in [0.29, 0.717) is 17.2 Å². The van der Waals surface area contributed by atoms with Gasteiger partial charge in [-0.15, -0.1) is 0 Å². The van der Waals surface area contributed by atoms with E-state index in [2.05, 4.69) is 0 Å². The molecule has 0 aromatic heterocycles. The van der Waals surface area contributed by atoms with Gasteiger partial charge in [0.15, 0.2) is 5.78 Å². The van der Waals surface area contributed by atoms with Gasteiger partial charge >= 0.3 is 0 Å². The maximum atomic E-state index is 12.1. The van der Waals surface area contributed by atoms with Crippen LogP contribution < -0.4 is 0 Å². The van der Waals surface area contributed by atoms with Crippen LogP contribution in [0.15, 0.2) is 36.1 Å². The minimum absolute atomic E-state index is 0.0000463. The molecule has 1 aromatic carbocycles. The second-order valence-corrected chi connectivity index (χ2v) is 3.76. The molecule has 0 amide bonds. The Labute approximate surface area is 105 Å². The first-order valence-electron chi connectivity index (χ1n) is 5.19. The summed E-state index contributed by atoms with van der Waals surface area (Å²) in [6.45, 7) is 3.49. The van der Waals surface area contributed by atoms with Crippen molar-refractivity contribution in [3.8, 4) is 0 Å². The molecule has 0 aliphatic carbocycles. The molecule has 0 saturated heterocycles. The zero-order chi connectivity index (χ0) is 12.8. The second kappa shape index (κ2) is 6.21. The second-order valence-electron chi connectivity index (χ2n) is 3.35. The Morgan fingerprint density at radius 1 is 1.35 bits per heavy atom. The van der Waals surface area contributed by atoms with E-state index in [-0.39, 0.29) is 11.4 Å². The van der Waals surface area contributed by atoms with Gasteiger partial charge in [-0.05, 0) is 26.0 Å². The van der Waals surface area contributed by atoms with Gasteiger partial charge in [-0.25, -0.2) is 0 Å². The number of hydrogen-bond acceptors (Lipinski definition) is 3. The highest BCUT2D eigenvalue weighted by Crippen LogP contribution is 2.19. The van der Waals surface area contributed by atoms with Crippen molar-refractivity contribution in [3.05, 3.63) is 46.7 Å². The first-order valence-corrected chi connectivity index (χ1v) is 5.57. The van der Waals surface area contributed by atoms with Crippen LogP contribution in [0.5, 0.6) is 0 Å². The molecule has 0 aliphatic rings. The number of hydrogen-bond donors (Lipinski definition) is 0. The average molecular weight is 253 g/mol. The van der Waals surface area contributed by atoms with Crippen LogP contribution in [0.1, 0.15) is 24.2 Å². The third-order valence-electron chi connectivity index (χ3n) is 2.11. The number of carbonyl (C=O) groups is 2. The van der Waals surface area contributed by atoms with Crippen molar-refractivity contribution in [2.24, 2.45) is 0 Å². The Morgan fingerprint density at radius 2 is 2.00 bits per heavy atom. The molecule has 0 unspecified atom stereocenters. The summed E-state index contributed by atoms with van der Waals surface area (Å²) in [4.78, 5) is 23.4. The van der Waals surface area contributed by atoms with Crippen molar-refractivity contribution < 1.29 is 14.3 Å². The van der Waals surface area contributed by atoms with Gasteiger partial charge in [0.05, 0.1) is 23.5 Å². The molecule has 0 radical (unpaired) electrons. The van der Waals surface area contributed by atoms with Gasteiger partial charge in [-0.1, -0.05) is 23.7 Å². The third kappa shape index (κ3) is 3.43. The Kier molecular flexibility index (Phi) is 4.91. The van der Waals surface area contributed by atoms with Crippen molar-refractivity contribution in [2.45, 2.75) is 13.8 Å². The summed E-state index contributed by atoms with van der Waals surface area (Å²) in [6, 6.07) is 6.59. The highest BCUT2D eigenvalue weighted by Gasteiger charge is 2.19. The molecule has 1 aromatic rings. The SMILES string of the molecule is CCO/C=C(/C(C)=O)C(=O)c1ccccc1Cl. The van der Waals surface area contributed by atoms with Crippen LogP contribution in [-0.4, -0.2) is 18.2 Å². The number of rotatable bonds is 5. The lowest BCUT2D eigenvalue weighted by molar-refractivity contribution is -0.113. The van der Waals surface area contributed by atoms with Gasteiger partial charge in [0, 0.05) is 5.56 Å². The Bertz CT molecular complexity index is 463. The van der Waals surface area contributed by atoms with Crippen LogP contribution in [0.4, 0.5) is 0 Å². The summed E-state index contributed by atoms with van der Waals surface area (Å²) in [5, 5.41) is 0.321. The van der Waals surface area contributed by atoms with Crippen LogP contribution in [-0.2, 0) is 9.53 Å². The van der Waals surface area contributed by atoms with Crippen LogP contribution in [0.25, 0.3) is 0 Å². The fraction of sp³-hybridized carbons (Fsp3) is 0.231. The van der Waals surface area contributed by atoms with Gasteiger partial charge in [0.25, 0.3) is 0 Å². The normalized spacial score (nSPS) is 11.1. The van der Waals surface area contributed by atoms with Crippen molar-refractivity contribution in [3.63, 3.8) is 0 Å². The Hall–Kier alpha value is -1.61. The number of ether oxygens (including phenoxy) is 1. The predicted octanol–water partition coefficient (Wildman–Crippen LogP) is 3.03. The maximum Gasteiger partial charge on any atom is 0.201 e. The van der Waals surface area contributed by atoms with Crippen molar-refractivity contribution in [1.29, 1.82) is 0 Å². The summed E-state index contributed by atoms with van der Waals surface area (Å²) in [5.74, 6) is -0.764. The maximum absolute atomic E-state index is 12.1. The minimum atomic E-state index is -0.420. The van der Waals surface area contributed by atoms with Crippen LogP contribution in [0, 0.1) is 0 Å². The number of benzene rings is 1. The van der Waals surface area contributed by atoms with Crippen molar-refractivity contribution in [1.82, 2.24) is 0 Å². The van der Waals surface area contributed by atoms with E-state index in [1.54, 1.807) is 31.2 Å². The number of carbonyl (C=O) groups excluding carboxylic acids is 2. The highest BCUT2D eigenvalue weighted by atomic mass is 35.5. The molecule has 0 N–H and O–H groups in total. The molecule has 0 spiro atoms. The third-order valence-corrected chi connectivity index (χ3v) is 2.44. The highest BCUT2D eigenvalue weighted by molar-refractivity contribution is 6.37. The van der Waals surface area contributed by atoms with Crippen LogP contribution >= 0.6 is 11.6 Å². The molecule has 0 saturated carbocycles. The summed E-state index contributed by atoms with van der Waals surface area (Å²) in [7, 11) is 0. The van der Waals surface area contributed by atoms with E-state index < -0.39 is 5.78 Å². The zero-order valence-electron chi connectivity index (χ0n) is 9.70. The molecule has 0 aliphatic heterocycles. The molecular formula is C13H13ClO3. The van der Waals surface area contributed by atoms with Crippen LogP contribution in [0.2, 0.25) is 5.02 Å². The molecule has 0 heterocycles. The molecule has 4 heteroatoms. The first-order chi connectivity index (χ1) is 8.07. The largest absolute Gasteiger partial charge is 0.501 e. The fourth-order valence-electron chi connectivity index (χ4n) is 1.25. The standard InChI is InChI=1S/C13H13ClO3/c1-3-17-8-11(9(2)15)13(16)10-6-4-5-7-12(10)14/h4-8H,3H2,1-2H3/b11-8-. The number of Topliss-reactive ketones (excluding diaryl/α,β-unsaturated/α-hetero) is 2. The predicted molar refractivity (Wildman–Crippen MR) is 66.2 cm³/mol. The molecule has 3 nitrogen and oxygen atoms in total. The number of halogens is 1. The molecule has 0 fully saturated rings. The quantitative estimate of drug-likeness (QED) is 0.266. The van der Waals surface area contributed by atoms with Gasteiger partial charge in [0.2, 0.25) is 5.78 Å². The van der Waals surface area contributed by atoms with Crippen molar-refractivity contribution in [2.75, 3.05) is 6.61 Å². The van der Waals surface area contributed by atoms with Gasteiger partial charge in [0.1, 0.15) is 0 Å². The first kappa shape index (κ1) is 13.5. The van der Waals surface area contributed by atoms with Crippen molar-refractivity contribution >= 4 is 23.2 Å². The molecule has 90 valence electrons. The molecule has 17 heavy (non-hydrogen) atoms. The Balaban J connectivity index is 3.09. The van der Waals surface area contributed by atoms with E-state index in [1.807, 2.05) is 0 Å². The lowest BCUT2D eigenvalue weighted by Crippen LogP contribution is -2.11. The molecule has 0 bridgehead atoms. The lowest BCUT2D eigenvalue weighted by Gasteiger charge is -2.05. The topological polar surface area (TPSA) is 43.4 Å². The van der Waals surface area contributed by atoms with E-state index in [0.717, 1.165) is 0 Å². The van der Waals surface area contributed by atoms with E-state index in [4.69, 9.17) is 16.3 Å². The Morgan fingerprint density at radius 3 is 2.53 bits per heavy atom. The fourth-order valence-corrected chi connectivity index (χ4v) is 1.48. The van der Waals surface area contributed by atoms with E-state index in [9.17, 15) is 9.59 Å². The lowest BCUT2D eigenvalue weighted by atomic mass is 10.0. The van der Waals surface area contributed by atoms with Gasteiger partial charge < -0.3 is 4.74 Å². The smallest absolute Gasteiger partial charge is 0.201 e. The summed E-state index contributed by atoms with van der Waals surface area (Å²) < 4.78 is 4.99. The summed E-state index contributed by atoms with van der Waals surface area (Å²) in [5.41, 5.74) is 0.301. The number of ketones is 2. The van der Waals surface area contributed by atoms with Crippen LogP contribution in [0.3, 0.4) is 0 Å². The van der Waals surface area contributed by atoms with Gasteiger partial charge in [-0.2, -0.15) is 0 Å². The minimum Gasteiger partial charge on any atom is -0.501 e. The zero-order valence-corrected chi connectivity index (χ0v) is 10.5. The number of allylic oxidation sites excluding steroid dienone is 1. The molecule has 1 rings (SSSR count). The van der Waals surface area contributed by atoms with E-state index >= 15 is 0 Å². The summed E-state index contributed by atoms with van der Waals surface area (Å²) in [6.07, 6.45) is 1.19. The monoisotopic (exact) mass is 252 g/mol. The van der Waals surface area contributed by atoms with Gasteiger partial charge in [-0.3, -0.25) is 9.59 Å². The molecular weight excluding hydrogens is 240 g/mol. The molecule has 0 atom stereocenters. The summed E-state index contributed by atoms with van der Waals surface area (Å²) >= 11 is 5.90.